The first-order valence-electron chi connectivity index (χ1n) is 9.46. The van der Waals surface area contributed by atoms with Crippen LogP contribution in [0.25, 0.3) is 0 Å². The van der Waals surface area contributed by atoms with E-state index >= 15 is 0 Å². The maximum atomic E-state index is 13.2. The van der Waals surface area contributed by atoms with E-state index in [2.05, 4.69) is 0 Å². The third-order valence-electron chi connectivity index (χ3n) is 6.14. The summed E-state index contributed by atoms with van der Waals surface area (Å²) in [5, 5.41) is 11.7. The Labute approximate surface area is 153 Å². The van der Waals surface area contributed by atoms with Gasteiger partial charge in [0, 0.05) is 13.1 Å². The van der Waals surface area contributed by atoms with Crippen LogP contribution in [0.3, 0.4) is 0 Å². The average Bonchev–Trinajstić information content (AvgIpc) is 3.08. The van der Waals surface area contributed by atoms with E-state index in [1.165, 1.54) is 11.3 Å². The van der Waals surface area contributed by atoms with Crippen LogP contribution in [0.15, 0.2) is 12.1 Å². The molecule has 1 saturated carbocycles. The maximum Gasteiger partial charge on any atom is 0.261 e. The first-order valence-corrected chi connectivity index (χ1v) is 9.46. The number of benzene rings is 1. The van der Waals surface area contributed by atoms with E-state index in [9.17, 15) is 14.7 Å². The predicted molar refractivity (Wildman–Crippen MR) is 95.2 cm³/mol. The number of aryl methyl sites for hydroxylation is 2. The molecule has 2 amide bonds. The number of fused-ring (bicyclic) bond motifs is 1. The number of carbonyl (C=O) groups is 2. The SMILES string of the molecule is Cc1cc(C2C3C(=O)N(C4CCCCC4)C(=O)C3ON2C)cc(C)c1O. The van der Waals surface area contributed by atoms with Crippen molar-refractivity contribution in [2.45, 2.75) is 64.1 Å². The van der Waals surface area contributed by atoms with E-state index in [4.69, 9.17) is 4.84 Å². The number of likely N-dealkylation sites (tertiary alicyclic amines) is 1. The second kappa shape index (κ2) is 6.35. The van der Waals surface area contributed by atoms with E-state index in [1.807, 2.05) is 26.0 Å². The molecule has 1 aliphatic carbocycles. The largest absolute Gasteiger partial charge is 0.507 e. The molecule has 0 spiro atoms. The predicted octanol–water partition coefficient (Wildman–Crippen LogP) is 2.61. The topological polar surface area (TPSA) is 70.1 Å². The molecule has 2 heterocycles. The zero-order valence-corrected chi connectivity index (χ0v) is 15.6. The number of amides is 2. The lowest BCUT2D eigenvalue weighted by atomic mass is 9.89. The van der Waals surface area contributed by atoms with E-state index in [0.717, 1.165) is 42.4 Å². The number of hydroxylamine groups is 2. The summed E-state index contributed by atoms with van der Waals surface area (Å²) in [5.41, 5.74) is 2.43. The molecule has 1 N–H and O–H groups in total. The molecular formula is C20H26N2O4. The lowest BCUT2D eigenvalue weighted by Crippen LogP contribution is -2.44. The number of rotatable bonds is 2. The normalized spacial score (nSPS) is 30.3. The van der Waals surface area contributed by atoms with Crippen molar-refractivity contribution < 1.29 is 19.5 Å². The Bertz CT molecular complexity index is 733. The standard InChI is InChI=1S/C20H26N2O4/c1-11-9-13(10-12(2)17(11)23)16-15-18(26-21(16)3)20(25)22(19(15)24)14-7-5-4-6-8-14/h9-10,14-16,18,23H,4-8H2,1-3H3. The zero-order valence-electron chi connectivity index (χ0n) is 15.6. The molecule has 0 radical (unpaired) electrons. The number of hydrogen-bond acceptors (Lipinski definition) is 5. The molecule has 0 aromatic heterocycles. The second-order valence-corrected chi connectivity index (χ2v) is 7.88. The molecule has 4 rings (SSSR count). The minimum atomic E-state index is -0.728. The lowest BCUT2D eigenvalue weighted by Gasteiger charge is -2.31. The summed E-state index contributed by atoms with van der Waals surface area (Å²) in [6.45, 7) is 3.68. The number of carbonyl (C=O) groups excluding carboxylic acids is 2. The summed E-state index contributed by atoms with van der Waals surface area (Å²) >= 11 is 0. The Morgan fingerprint density at radius 1 is 1.04 bits per heavy atom. The molecule has 140 valence electrons. The minimum absolute atomic E-state index is 0.0206. The van der Waals surface area contributed by atoms with Gasteiger partial charge in [0.2, 0.25) is 5.91 Å². The van der Waals surface area contributed by atoms with Gasteiger partial charge in [-0.2, -0.15) is 5.06 Å². The molecule has 1 aromatic rings. The summed E-state index contributed by atoms with van der Waals surface area (Å²) in [4.78, 5) is 33.5. The highest BCUT2D eigenvalue weighted by Gasteiger charge is 2.60. The molecule has 1 aromatic carbocycles. The Hall–Kier alpha value is -1.92. The van der Waals surface area contributed by atoms with Crippen LogP contribution in [0.5, 0.6) is 5.75 Å². The average molecular weight is 358 g/mol. The Kier molecular flexibility index (Phi) is 4.28. The molecule has 26 heavy (non-hydrogen) atoms. The molecular weight excluding hydrogens is 332 g/mol. The van der Waals surface area contributed by atoms with Gasteiger partial charge in [-0.25, -0.2) is 0 Å². The molecule has 2 saturated heterocycles. The number of phenolic OH excluding ortho intramolecular Hbond substituents is 1. The van der Waals surface area contributed by atoms with Gasteiger partial charge in [-0.3, -0.25) is 19.3 Å². The van der Waals surface area contributed by atoms with Crippen LogP contribution < -0.4 is 0 Å². The summed E-state index contributed by atoms with van der Waals surface area (Å²) in [6, 6.07) is 3.47. The lowest BCUT2D eigenvalue weighted by molar-refractivity contribution is -0.172. The number of aromatic hydroxyl groups is 1. The van der Waals surface area contributed by atoms with Crippen molar-refractivity contribution in [2.75, 3.05) is 7.05 Å². The Morgan fingerprint density at radius 2 is 1.65 bits per heavy atom. The van der Waals surface area contributed by atoms with Crippen molar-refractivity contribution in [2.24, 2.45) is 5.92 Å². The first-order chi connectivity index (χ1) is 12.4. The number of nitrogens with zero attached hydrogens (tertiary/aromatic N) is 2. The van der Waals surface area contributed by atoms with Crippen molar-refractivity contribution in [3.8, 4) is 5.75 Å². The van der Waals surface area contributed by atoms with Crippen LogP contribution in [0, 0.1) is 19.8 Å². The smallest absolute Gasteiger partial charge is 0.261 e. The van der Waals surface area contributed by atoms with Gasteiger partial charge in [0.1, 0.15) is 5.75 Å². The molecule has 3 aliphatic rings. The molecule has 3 unspecified atom stereocenters. The van der Waals surface area contributed by atoms with Crippen molar-refractivity contribution in [3.63, 3.8) is 0 Å². The van der Waals surface area contributed by atoms with Crippen molar-refractivity contribution in [3.05, 3.63) is 28.8 Å². The number of hydrogen-bond donors (Lipinski definition) is 1. The molecule has 3 atom stereocenters. The van der Waals surface area contributed by atoms with Crippen LogP contribution in [0.4, 0.5) is 0 Å². The van der Waals surface area contributed by atoms with Crippen LogP contribution in [0.1, 0.15) is 54.8 Å². The molecule has 6 nitrogen and oxygen atoms in total. The van der Waals surface area contributed by atoms with Gasteiger partial charge in [-0.05, 0) is 43.4 Å². The van der Waals surface area contributed by atoms with E-state index in [1.54, 1.807) is 12.1 Å². The van der Waals surface area contributed by atoms with Crippen LogP contribution in [0.2, 0.25) is 0 Å². The summed E-state index contributed by atoms with van der Waals surface area (Å²) < 4.78 is 0. The van der Waals surface area contributed by atoms with Gasteiger partial charge in [0.05, 0.1) is 12.0 Å². The first kappa shape index (κ1) is 17.5. The fraction of sp³-hybridized carbons (Fsp3) is 0.600. The van der Waals surface area contributed by atoms with Crippen LogP contribution >= 0.6 is 0 Å². The zero-order chi connectivity index (χ0) is 18.6. The van der Waals surface area contributed by atoms with E-state index in [-0.39, 0.29) is 29.6 Å². The van der Waals surface area contributed by atoms with Crippen LogP contribution in [-0.2, 0) is 14.4 Å². The van der Waals surface area contributed by atoms with Gasteiger partial charge in [-0.1, -0.05) is 31.4 Å². The summed E-state index contributed by atoms with van der Waals surface area (Å²) in [5.74, 6) is -0.541. The minimum Gasteiger partial charge on any atom is -0.507 e. The van der Waals surface area contributed by atoms with Gasteiger partial charge in [0.25, 0.3) is 5.91 Å². The molecule has 2 aliphatic heterocycles. The second-order valence-electron chi connectivity index (χ2n) is 7.88. The summed E-state index contributed by atoms with van der Waals surface area (Å²) in [7, 11) is 1.77. The molecule has 0 bridgehead atoms. The van der Waals surface area contributed by atoms with Gasteiger partial charge in [0.15, 0.2) is 6.10 Å². The van der Waals surface area contributed by atoms with Crippen LogP contribution in [-0.4, -0.2) is 46.1 Å². The monoisotopic (exact) mass is 358 g/mol. The number of imide groups is 1. The van der Waals surface area contributed by atoms with Crippen molar-refractivity contribution in [1.29, 1.82) is 0 Å². The van der Waals surface area contributed by atoms with Gasteiger partial charge in [-0.15, -0.1) is 0 Å². The highest BCUT2D eigenvalue weighted by Crippen LogP contribution is 2.46. The maximum absolute atomic E-state index is 13.2. The van der Waals surface area contributed by atoms with Gasteiger partial charge < -0.3 is 5.11 Å². The van der Waals surface area contributed by atoms with E-state index in [0.29, 0.717) is 0 Å². The Balaban J connectivity index is 1.68. The van der Waals surface area contributed by atoms with Gasteiger partial charge >= 0.3 is 0 Å². The third kappa shape index (κ3) is 2.55. The highest BCUT2D eigenvalue weighted by molar-refractivity contribution is 6.07. The highest BCUT2D eigenvalue weighted by atomic mass is 16.7. The fourth-order valence-electron chi connectivity index (χ4n) is 4.85. The van der Waals surface area contributed by atoms with Crippen molar-refractivity contribution in [1.82, 2.24) is 9.96 Å². The summed E-state index contributed by atoms with van der Waals surface area (Å²) in [6.07, 6.45) is 4.38. The Morgan fingerprint density at radius 3 is 2.27 bits per heavy atom. The molecule has 6 heteroatoms. The molecule has 3 fully saturated rings. The quantitative estimate of drug-likeness (QED) is 0.823. The third-order valence-corrected chi connectivity index (χ3v) is 6.14. The fourth-order valence-corrected chi connectivity index (χ4v) is 4.85. The van der Waals surface area contributed by atoms with Crippen molar-refractivity contribution >= 4 is 11.8 Å². The van der Waals surface area contributed by atoms with E-state index < -0.39 is 12.0 Å². The number of phenols is 1.